The van der Waals surface area contributed by atoms with E-state index in [-0.39, 0.29) is 24.1 Å². The number of hydrogen-bond acceptors (Lipinski definition) is 4. The van der Waals surface area contributed by atoms with Crippen LogP contribution in [0.4, 0.5) is 10.2 Å². The number of aliphatic hydroxyl groups is 1. The smallest absolute Gasteiger partial charge is 0.258 e. The number of carbonyl (C=O) groups excluding carboxylic acids is 1. The lowest BCUT2D eigenvalue weighted by Crippen LogP contribution is -2.45. The van der Waals surface area contributed by atoms with Crippen LogP contribution in [0.5, 0.6) is 0 Å². The van der Waals surface area contributed by atoms with Crippen LogP contribution >= 0.6 is 0 Å². The summed E-state index contributed by atoms with van der Waals surface area (Å²) in [6, 6.07) is 1.02. The molecule has 1 amide bonds. The minimum absolute atomic E-state index is 0.0645. The SMILES string of the molecule is CCNc1ncc(F)cc1C(=O)N1CCCCC1CO. The molecule has 110 valence electrons. The maximum absolute atomic E-state index is 13.4. The van der Waals surface area contributed by atoms with Crippen molar-refractivity contribution >= 4 is 11.7 Å². The van der Waals surface area contributed by atoms with Crippen molar-refractivity contribution in [3.05, 3.63) is 23.6 Å². The van der Waals surface area contributed by atoms with Gasteiger partial charge in [0.05, 0.1) is 24.4 Å². The number of aliphatic hydroxyl groups excluding tert-OH is 1. The normalized spacial score (nSPS) is 18.9. The molecule has 2 heterocycles. The van der Waals surface area contributed by atoms with Gasteiger partial charge in [-0.2, -0.15) is 0 Å². The third kappa shape index (κ3) is 3.07. The van der Waals surface area contributed by atoms with Crippen molar-refractivity contribution in [1.82, 2.24) is 9.88 Å². The summed E-state index contributed by atoms with van der Waals surface area (Å²) >= 11 is 0. The molecule has 1 saturated heterocycles. The van der Waals surface area contributed by atoms with Crippen LogP contribution in [0.25, 0.3) is 0 Å². The lowest BCUT2D eigenvalue weighted by atomic mass is 10.0. The van der Waals surface area contributed by atoms with E-state index in [0.717, 1.165) is 25.5 Å². The van der Waals surface area contributed by atoms with E-state index in [1.165, 1.54) is 6.07 Å². The number of aromatic nitrogens is 1. The summed E-state index contributed by atoms with van der Waals surface area (Å²) in [6.45, 7) is 3.01. The molecule has 1 atom stereocenters. The molecule has 1 unspecified atom stereocenters. The molecule has 0 spiro atoms. The zero-order chi connectivity index (χ0) is 14.5. The summed E-state index contributed by atoms with van der Waals surface area (Å²) < 4.78 is 13.4. The Morgan fingerprint density at radius 1 is 1.60 bits per heavy atom. The Hall–Kier alpha value is -1.69. The highest BCUT2D eigenvalue weighted by molar-refractivity contribution is 5.99. The average Bonchev–Trinajstić information content (AvgIpc) is 2.48. The van der Waals surface area contributed by atoms with E-state index in [4.69, 9.17) is 0 Å². The Morgan fingerprint density at radius 3 is 3.10 bits per heavy atom. The zero-order valence-electron chi connectivity index (χ0n) is 11.6. The van der Waals surface area contributed by atoms with Gasteiger partial charge in [0.2, 0.25) is 0 Å². The lowest BCUT2D eigenvalue weighted by Gasteiger charge is -2.34. The predicted octanol–water partition coefficient (Wildman–Crippen LogP) is 1.64. The maximum Gasteiger partial charge on any atom is 0.258 e. The van der Waals surface area contributed by atoms with Gasteiger partial charge in [0, 0.05) is 13.1 Å². The number of nitrogens with one attached hydrogen (secondary N) is 1. The molecule has 1 aromatic heterocycles. The minimum atomic E-state index is -0.535. The molecule has 0 bridgehead atoms. The van der Waals surface area contributed by atoms with Crippen LogP contribution in [0.1, 0.15) is 36.5 Å². The molecule has 6 heteroatoms. The third-order valence-corrected chi connectivity index (χ3v) is 3.53. The lowest BCUT2D eigenvalue weighted by molar-refractivity contribution is 0.0503. The van der Waals surface area contributed by atoms with Crippen LogP contribution in [0.2, 0.25) is 0 Å². The molecule has 0 radical (unpaired) electrons. The van der Waals surface area contributed by atoms with Gasteiger partial charge in [-0.1, -0.05) is 0 Å². The molecule has 1 aliphatic rings. The zero-order valence-corrected chi connectivity index (χ0v) is 11.6. The van der Waals surface area contributed by atoms with Gasteiger partial charge < -0.3 is 15.3 Å². The van der Waals surface area contributed by atoms with Crippen LogP contribution in [-0.4, -0.2) is 46.6 Å². The molecule has 5 nitrogen and oxygen atoms in total. The number of halogens is 1. The molecule has 1 aromatic rings. The maximum atomic E-state index is 13.4. The number of likely N-dealkylation sites (tertiary alicyclic amines) is 1. The summed E-state index contributed by atoms with van der Waals surface area (Å²) in [6.07, 6.45) is 3.77. The molecule has 0 aromatic carbocycles. The first-order valence-electron chi connectivity index (χ1n) is 6.98. The van der Waals surface area contributed by atoms with E-state index >= 15 is 0 Å². The summed E-state index contributed by atoms with van der Waals surface area (Å²) in [5.74, 6) is -0.416. The Balaban J connectivity index is 2.29. The van der Waals surface area contributed by atoms with Crippen molar-refractivity contribution in [2.24, 2.45) is 0 Å². The number of piperidine rings is 1. The Labute approximate surface area is 117 Å². The predicted molar refractivity (Wildman–Crippen MR) is 74.1 cm³/mol. The fourth-order valence-electron chi connectivity index (χ4n) is 2.52. The fraction of sp³-hybridized carbons (Fsp3) is 0.571. The number of amides is 1. The topological polar surface area (TPSA) is 65.5 Å². The van der Waals surface area contributed by atoms with Gasteiger partial charge in [0.25, 0.3) is 5.91 Å². The van der Waals surface area contributed by atoms with E-state index < -0.39 is 5.82 Å². The highest BCUT2D eigenvalue weighted by Gasteiger charge is 2.28. The van der Waals surface area contributed by atoms with Crippen molar-refractivity contribution in [1.29, 1.82) is 0 Å². The van der Waals surface area contributed by atoms with Gasteiger partial charge in [0.1, 0.15) is 11.6 Å². The monoisotopic (exact) mass is 281 g/mol. The van der Waals surface area contributed by atoms with Crippen LogP contribution in [0, 0.1) is 5.82 Å². The molecule has 2 N–H and O–H groups in total. The van der Waals surface area contributed by atoms with Gasteiger partial charge in [0.15, 0.2) is 0 Å². The van der Waals surface area contributed by atoms with E-state index in [9.17, 15) is 14.3 Å². The van der Waals surface area contributed by atoms with Gasteiger partial charge in [-0.25, -0.2) is 9.37 Å². The highest BCUT2D eigenvalue weighted by atomic mass is 19.1. The Bertz CT molecular complexity index is 481. The molecule has 1 aliphatic heterocycles. The first kappa shape index (κ1) is 14.7. The number of pyridine rings is 1. The van der Waals surface area contributed by atoms with E-state index in [1.54, 1.807) is 4.90 Å². The number of rotatable bonds is 4. The van der Waals surface area contributed by atoms with E-state index in [2.05, 4.69) is 10.3 Å². The molecule has 0 aliphatic carbocycles. The molecule has 1 fully saturated rings. The first-order chi connectivity index (χ1) is 9.67. The summed E-state index contributed by atoms with van der Waals surface area (Å²) in [7, 11) is 0. The second-order valence-corrected chi connectivity index (χ2v) is 4.91. The van der Waals surface area contributed by atoms with Crippen LogP contribution in [0.15, 0.2) is 12.3 Å². The van der Waals surface area contributed by atoms with E-state index in [0.29, 0.717) is 18.9 Å². The van der Waals surface area contributed by atoms with Crippen molar-refractivity contribution in [3.63, 3.8) is 0 Å². The van der Waals surface area contributed by atoms with Gasteiger partial charge in [-0.15, -0.1) is 0 Å². The second kappa shape index (κ2) is 6.65. The van der Waals surface area contributed by atoms with Crippen molar-refractivity contribution in [2.75, 3.05) is 25.0 Å². The number of hydrogen-bond donors (Lipinski definition) is 2. The van der Waals surface area contributed by atoms with Gasteiger partial charge in [-0.05, 0) is 32.3 Å². The quantitative estimate of drug-likeness (QED) is 0.880. The third-order valence-electron chi connectivity index (χ3n) is 3.53. The standard InChI is InChI=1S/C14H20FN3O2/c1-2-16-13-12(7-10(15)8-17-13)14(20)18-6-4-3-5-11(18)9-19/h7-8,11,19H,2-6,9H2,1H3,(H,16,17). The minimum Gasteiger partial charge on any atom is -0.394 e. The Kier molecular flexibility index (Phi) is 4.89. The summed E-state index contributed by atoms with van der Waals surface area (Å²) in [5.41, 5.74) is 0.229. The molecular weight excluding hydrogens is 261 g/mol. The summed E-state index contributed by atoms with van der Waals surface area (Å²) in [5, 5.41) is 12.4. The van der Waals surface area contributed by atoms with Crippen molar-refractivity contribution in [3.8, 4) is 0 Å². The van der Waals surface area contributed by atoms with Crippen LogP contribution in [-0.2, 0) is 0 Å². The van der Waals surface area contributed by atoms with Crippen LogP contribution in [0.3, 0.4) is 0 Å². The molecule has 20 heavy (non-hydrogen) atoms. The largest absolute Gasteiger partial charge is 0.394 e. The molecule has 0 saturated carbocycles. The Morgan fingerprint density at radius 2 is 2.40 bits per heavy atom. The number of anilines is 1. The van der Waals surface area contributed by atoms with E-state index in [1.807, 2.05) is 6.92 Å². The fourth-order valence-corrected chi connectivity index (χ4v) is 2.52. The van der Waals surface area contributed by atoms with Crippen molar-refractivity contribution in [2.45, 2.75) is 32.2 Å². The first-order valence-corrected chi connectivity index (χ1v) is 6.98. The second-order valence-electron chi connectivity index (χ2n) is 4.91. The highest BCUT2D eigenvalue weighted by Crippen LogP contribution is 2.22. The number of carbonyl (C=O) groups is 1. The summed E-state index contributed by atoms with van der Waals surface area (Å²) in [4.78, 5) is 18.1. The van der Waals surface area contributed by atoms with Gasteiger partial charge >= 0.3 is 0 Å². The number of nitrogens with zero attached hydrogens (tertiary/aromatic N) is 2. The average molecular weight is 281 g/mol. The molecular formula is C14H20FN3O2. The van der Waals surface area contributed by atoms with Crippen LogP contribution < -0.4 is 5.32 Å². The van der Waals surface area contributed by atoms with Crippen molar-refractivity contribution < 1.29 is 14.3 Å². The molecule has 2 rings (SSSR count). The van der Waals surface area contributed by atoms with Gasteiger partial charge in [-0.3, -0.25) is 4.79 Å².